The molecule has 2 heteroatoms. The van der Waals surface area contributed by atoms with Crippen LogP contribution in [0, 0.1) is 6.92 Å². The molecular formula is C56H37NO. The first-order valence-corrected chi connectivity index (χ1v) is 20.1. The molecular weight excluding hydrogens is 703 g/mol. The predicted octanol–water partition coefficient (Wildman–Crippen LogP) is 15.0. The van der Waals surface area contributed by atoms with Crippen molar-refractivity contribution in [3.8, 4) is 44.5 Å². The molecule has 10 aromatic rings. The van der Waals surface area contributed by atoms with Crippen LogP contribution in [-0.4, -0.2) is 0 Å². The quantitative estimate of drug-likeness (QED) is 0.175. The van der Waals surface area contributed by atoms with Gasteiger partial charge in [-0.1, -0.05) is 170 Å². The van der Waals surface area contributed by atoms with Crippen molar-refractivity contribution in [1.29, 1.82) is 0 Å². The summed E-state index contributed by atoms with van der Waals surface area (Å²) in [6.07, 6.45) is 0. The molecule has 2 aliphatic carbocycles. The molecule has 0 unspecified atom stereocenters. The third-order valence-electron chi connectivity index (χ3n) is 12.6. The maximum Gasteiger partial charge on any atom is 0.159 e. The van der Waals surface area contributed by atoms with Gasteiger partial charge in [0.25, 0.3) is 0 Å². The number of hydrogen-bond acceptors (Lipinski definition) is 2. The van der Waals surface area contributed by atoms with Crippen LogP contribution in [0.2, 0.25) is 0 Å². The molecule has 0 fully saturated rings. The van der Waals surface area contributed by atoms with Crippen LogP contribution in [0.3, 0.4) is 0 Å². The molecule has 2 aliphatic rings. The van der Waals surface area contributed by atoms with E-state index in [9.17, 15) is 0 Å². The van der Waals surface area contributed by atoms with E-state index in [2.05, 4.69) is 212 Å². The molecule has 2 nitrogen and oxygen atoms in total. The first kappa shape index (κ1) is 32.8. The van der Waals surface area contributed by atoms with Gasteiger partial charge in [0.05, 0.1) is 11.1 Å². The number of anilines is 3. The van der Waals surface area contributed by atoms with E-state index in [-0.39, 0.29) is 0 Å². The van der Waals surface area contributed by atoms with Crippen molar-refractivity contribution in [2.75, 3.05) is 4.90 Å². The summed E-state index contributed by atoms with van der Waals surface area (Å²) in [7, 11) is 0. The number of hydrogen-bond donors (Lipinski definition) is 0. The molecule has 1 aromatic heterocycles. The number of aryl methyl sites for hydroxylation is 1. The molecule has 0 N–H and O–H groups in total. The lowest BCUT2D eigenvalue weighted by Crippen LogP contribution is -2.26. The minimum absolute atomic E-state index is 0.426. The van der Waals surface area contributed by atoms with Gasteiger partial charge in [0.1, 0.15) is 5.58 Å². The third kappa shape index (κ3) is 4.54. The topological polar surface area (TPSA) is 16.4 Å². The van der Waals surface area contributed by atoms with Gasteiger partial charge < -0.3 is 9.32 Å². The maximum atomic E-state index is 6.67. The van der Waals surface area contributed by atoms with Crippen molar-refractivity contribution >= 4 is 39.0 Å². The summed E-state index contributed by atoms with van der Waals surface area (Å²) >= 11 is 0. The SMILES string of the molecule is Cc1cc(N(c2ccc(-c3ccccc3)cc2)c2cccc3c2oc2ccccc23)ccc1-c1cccc2c1C1(c3ccccc3-c3ccccc31)c1ccccc1-2. The van der Waals surface area contributed by atoms with Crippen LogP contribution in [-0.2, 0) is 5.41 Å². The second-order valence-electron chi connectivity index (χ2n) is 15.6. The largest absolute Gasteiger partial charge is 0.454 e. The van der Waals surface area contributed by atoms with Gasteiger partial charge in [-0.15, -0.1) is 0 Å². The molecule has 0 atom stereocenters. The van der Waals surface area contributed by atoms with Gasteiger partial charge in [0, 0.05) is 22.1 Å². The number of benzene rings is 9. The Balaban J connectivity index is 1.06. The average molecular weight is 740 g/mol. The van der Waals surface area contributed by atoms with E-state index < -0.39 is 5.41 Å². The number of furan rings is 1. The number of fused-ring (bicyclic) bond motifs is 13. The molecule has 1 spiro atoms. The number of rotatable bonds is 5. The fourth-order valence-corrected chi connectivity index (χ4v) is 10.2. The molecule has 0 bridgehead atoms. The van der Waals surface area contributed by atoms with Crippen LogP contribution in [0.5, 0.6) is 0 Å². The van der Waals surface area contributed by atoms with Crippen LogP contribution in [0.25, 0.3) is 66.4 Å². The van der Waals surface area contributed by atoms with Crippen LogP contribution in [0.15, 0.2) is 211 Å². The highest BCUT2D eigenvalue weighted by molar-refractivity contribution is 6.10. The predicted molar refractivity (Wildman–Crippen MR) is 240 cm³/mol. The van der Waals surface area contributed by atoms with Crippen LogP contribution in [0.4, 0.5) is 17.1 Å². The summed E-state index contributed by atoms with van der Waals surface area (Å²) in [4.78, 5) is 2.35. The zero-order valence-corrected chi connectivity index (χ0v) is 32.0. The molecule has 0 radical (unpaired) electrons. The van der Waals surface area contributed by atoms with E-state index in [0.29, 0.717) is 0 Å². The molecule has 0 saturated heterocycles. The van der Waals surface area contributed by atoms with Gasteiger partial charge >= 0.3 is 0 Å². The lowest BCUT2D eigenvalue weighted by Gasteiger charge is -2.32. The standard InChI is InChI=1S/C56H37NO/c1-36-35-40(57(39-31-29-38(30-32-39)37-15-3-2-4-16-37)52-27-14-23-48-45-20-8-12-28-53(45)58-55(48)52)33-34-41(36)46-21-13-22-47-44-19-7-11-26-51(44)56(54(46)47)49-24-9-5-17-42(49)43-18-6-10-25-50(43)56/h2-35H,1H3. The number of nitrogens with zero attached hydrogens (tertiary/aromatic N) is 1. The molecule has 272 valence electrons. The van der Waals surface area contributed by atoms with Crippen LogP contribution in [0.1, 0.15) is 27.8 Å². The minimum Gasteiger partial charge on any atom is -0.454 e. The summed E-state index contributed by atoms with van der Waals surface area (Å²) in [5.74, 6) is 0. The molecule has 0 aliphatic heterocycles. The van der Waals surface area contributed by atoms with Gasteiger partial charge in [0.2, 0.25) is 0 Å². The van der Waals surface area contributed by atoms with Crippen molar-refractivity contribution in [1.82, 2.24) is 0 Å². The number of para-hydroxylation sites is 2. The summed E-state index contributed by atoms with van der Waals surface area (Å²) in [6, 6.07) is 75.3. The summed E-state index contributed by atoms with van der Waals surface area (Å²) in [5.41, 5.74) is 21.2. The van der Waals surface area contributed by atoms with E-state index in [4.69, 9.17) is 4.42 Å². The van der Waals surface area contributed by atoms with Crippen molar-refractivity contribution in [3.63, 3.8) is 0 Å². The fraction of sp³-hybridized carbons (Fsp3) is 0.0357. The molecule has 9 aromatic carbocycles. The fourth-order valence-electron chi connectivity index (χ4n) is 10.2. The Morgan fingerprint density at radius 1 is 0.397 bits per heavy atom. The molecule has 0 saturated carbocycles. The Hall–Kier alpha value is -7.42. The van der Waals surface area contributed by atoms with Gasteiger partial charge in [-0.05, 0) is 116 Å². The van der Waals surface area contributed by atoms with Crippen LogP contribution < -0.4 is 4.90 Å². The Bertz CT molecular complexity index is 3180. The molecule has 12 rings (SSSR count). The van der Waals surface area contributed by atoms with Crippen molar-refractivity contribution in [2.45, 2.75) is 12.3 Å². The van der Waals surface area contributed by atoms with E-state index in [1.807, 2.05) is 6.07 Å². The highest BCUT2D eigenvalue weighted by Crippen LogP contribution is 2.64. The Morgan fingerprint density at radius 3 is 1.60 bits per heavy atom. The minimum atomic E-state index is -0.426. The van der Waals surface area contributed by atoms with Crippen LogP contribution >= 0.6 is 0 Å². The van der Waals surface area contributed by atoms with E-state index >= 15 is 0 Å². The van der Waals surface area contributed by atoms with Gasteiger partial charge in [-0.3, -0.25) is 0 Å². The zero-order valence-electron chi connectivity index (χ0n) is 32.0. The van der Waals surface area contributed by atoms with Gasteiger partial charge in [0.15, 0.2) is 5.58 Å². The highest BCUT2D eigenvalue weighted by atomic mass is 16.3. The second-order valence-corrected chi connectivity index (χ2v) is 15.6. The lowest BCUT2D eigenvalue weighted by atomic mass is 9.68. The first-order valence-electron chi connectivity index (χ1n) is 20.1. The Kier molecular flexibility index (Phi) is 7.09. The smallest absolute Gasteiger partial charge is 0.159 e. The highest BCUT2D eigenvalue weighted by Gasteiger charge is 2.52. The van der Waals surface area contributed by atoms with Crippen molar-refractivity contribution in [2.24, 2.45) is 0 Å². The molecule has 58 heavy (non-hydrogen) atoms. The molecule has 1 heterocycles. The Morgan fingerprint density at radius 2 is 0.914 bits per heavy atom. The maximum absolute atomic E-state index is 6.67. The average Bonchev–Trinajstić information content (AvgIpc) is 3.92. The van der Waals surface area contributed by atoms with E-state index in [0.717, 1.165) is 39.0 Å². The third-order valence-corrected chi connectivity index (χ3v) is 12.6. The zero-order chi connectivity index (χ0) is 38.4. The van der Waals surface area contributed by atoms with Gasteiger partial charge in [-0.2, -0.15) is 0 Å². The Labute approximate surface area is 337 Å². The summed E-state index contributed by atoms with van der Waals surface area (Å²) in [6.45, 7) is 2.27. The van der Waals surface area contributed by atoms with E-state index in [1.165, 1.54) is 72.3 Å². The molecule has 0 amide bonds. The van der Waals surface area contributed by atoms with Gasteiger partial charge in [-0.25, -0.2) is 0 Å². The normalized spacial score (nSPS) is 13.1. The lowest BCUT2D eigenvalue weighted by molar-refractivity contribution is 0.669. The van der Waals surface area contributed by atoms with E-state index in [1.54, 1.807) is 0 Å². The second kappa shape index (κ2) is 12.5. The van der Waals surface area contributed by atoms with Crippen molar-refractivity contribution < 1.29 is 4.42 Å². The summed E-state index contributed by atoms with van der Waals surface area (Å²) < 4.78 is 6.67. The summed E-state index contributed by atoms with van der Waals surface area (Å²) in [5, 5.41) is 2.22. The first-order chi connectivity index (χ1) is 28.7. The van der Waals surface area contributed by atoms with Crippen molar-refractivity contribution in [3.05, 3.63) is 234 Å². The monoisotopic (exact) mass is 739 g/mol.